The van der Waals surface area contributed by atoms with Gasteiger partial charge in [0, 0.05) is 25.7 Å². The second kappa shape index (κ2) is 10.1. The van der Waals surface area contributed by atoms with Crippen molar-refractivity contribution in [3.05, 3.63) is 29.3 Å². The Hall–Kier alpha value is -0.820. The zero-order chi connectivity index (χ0) is 18.6. The average molecular weight is 417 g/mol. The van der Waals surface area contributed by atoms with E-state index in [2.05, 4.69) is 24.0 Å². The van der Waals surface area contributed by atoms with Gasteiger partial charge >= 0.3 is 0 Å². The number of halogens is 1. The van der Waals surface area contributed by atoms with E-state index in [1.165, 1.54) is 11.1 Å². The molecule has 1 aromatic rings. The number of aryl methyl sites for hydroxylation is 1. The molecule has 1 heterocycles. The van der Waals surface area contributed by atoms with E-state index in [1.54, 1.807) is 11.4 Å². The van der Waals surface area contributed by atoms with E-state index in [0.717, 1.165) is 57.4 Å². The van der Waals surface area contributed by atoms with Crippen LogP contribution in [0, 0.1) is 0 Å². The first-order chi connectivity index (χ1) is 12.5. The van der Waals surface area contributed by atoms with Crippen molar-refractivity contribution in [3.8, 4) is 5.75 Å². The minimum atomic E-state index is -3.04. The van der Waals surface area contributed by atoms with Gasteiger partial charge in [0.1, 0.15) is 5.75 Å². The number of ether oxygens (including phenoxy) is 1. The van der Waals surface area contributed by atoms with Crippen molar-refractivity contribution < 1.29 is 13.2 Å². The highest BCUT2D eigenvalue weighted by Gasteiger charge is 2.29. The molecular weight excluding hydrogens is 384 g/mol. The maximum absolute atomic E-state index is 12.3. The number of methoxy groups -OCH3 is 1. The van der Waals surface area contributed by atoms with Crippen molar-refractivity contribution in [1.82, 2.24) is 9.21 Å². The van der Waals surface area contributed by atoms with Crippen LogP contribution >= 0.6 is 12.4 Å². The third-order valence-electron chi connectivity index (χ3n) is 5.75. The quantitative estimate of drug-likeness (QED) is 0.685. The van der Waals surface area contributed by atoms with Gasteiger partial charge in [0.15, 0.2) is 0 Å². The molecule has 0 N–H and O–H groups in total. The van der Waals surface area contributed by atoms with Gasteiger partial charge in [-0.15, -0.1) is 12.4 Å². The van der Waals surface area contributed by atoms with Crippen molar-refractivity contribution in [2.24, 2.45) is 0 Å². The second-order valence-electron chi connectivity index (χ2n) is 7.45. The van der Waals surface area contributed by atoms with Gasteiger partial charge in [-0.1, -0.05) is 19.1 Å². The van der Waals surface area contributed by atoms with E-state index >= 15 is 0 Å². The Kier molecular flexibility index (Phi) is 8.40. The standard InChI is InChI=1S/C20H32N2O3S.ClH/c1-3-11-21(13-14-22-12-4-5-15-26(22,23)24)18-10-9-17-7-6-8-20(25-2)19(17)16-18;/h6-8,18H,3-5,9-16H2,1-2H3;1H. The Morgan fingerprint density at radius 2 is 2.07 bits per heavy atom. The Balaban J connectivity index is 0.00000261. The Morgan fingerprint density at radius 3 is 2.78 bits per heavy atom. The summed E-state index contributed by atoms with van der Waals surface area (Å²) in [6, 6.07) is 6.79. The number of nitrogens with zero attached hydrogens (tertiary/aromatic N) is 2. The summed E-state index contributed by atoms with van der Waals surface area (Å²) in [7, 11) is -1.30. The van der Waals surface area contributed by atoms with Gasteiger partial charge in [-0.25, -0.2) is 12.7 Å². The lowest BCUT2D eigenvalue weighted by atomic mass is 9.86. The summed E-state index contributed by atoms with van der Waals surface area (Å²) in [5, 5.41) is 0. The van der Waals surface area contributed by atoms with Gasteiger partial charge in [-0.05, 0) is 62.3 Å². The Labute approximate surface area is 170 Å². The molecule has 1 aliphatic heterocycles. The van der Waals surface area contributed by atoms with Crippen LogP contribution in [-0.2, 0) is 22.9 Å². The highest BCUT2D eigenvalue weighted by molar-refractivity contribution is 7.89. The van der Waals surface area contributed by atoms with Crippen molar-refractivity contribution in [3.63, 3.8) is 0 Å². The van der Waals surface area contributed by atoms with E-state index in [-0.39, 0.29) is 12.4 Å². The van der Waals surface area contributed by atoms with E-state index in [1.807, 2.05) is 6.07 Å². The molecule has 3 rings (SSSR count). The van der Waals surface area contributed by atoms with E-state index in [4.69, 9.17) is 4.74 Å². The maximum Gasteiger partial charge on any atom is 0.214 e. The first kappa shape index (κ1) is 22.5. The topological polar surface area (TPSA) is 49.9 Å². The van der Waals surface area contributed by atoms with Gasteiger partial charge in [0.2, 0.25) is 10.0 Å². The molecule has 0 saturated carbocycles. The number of fused-ring (bicyclic) bond motifs is 1. The summed E-state index contributed by atoms with van der Waals surface area (Å²) in [6.07, 6.45) is 6.07. The van der Waals surface area contributed by atoms with Gasteiger partial charge in [-0.3, -0.25) is 4.90 Å². The van der Waals surface area contributed by atoms with Crippen LogP contribution in [0.3, 0.4) is 0 Å². The fourth-order valence-corrected chi connectivity index (χ4v) is 5.93. The third-order valence-corrected chi connectivity index (χ3v) is 7.71. The molecule has 1 saturated heterocycles. The van der Waals surface area contributed by atoms with Crippen LogP contribution in [0.2, 0.25) is 0 Å². The third kappa shape index (κ3) is 5.37. The molecule has 0 aromatic heterocycles. The lowest BCUT2D eigenvalue weighted by molar-refractivity contribution is 0.166. The molecule has 1 aromatic carbocycles. The van der Waals surface area contributed by atoms with Crippen molar-refractivity contribution >= 4 is 22.4 Å². The molecule has 5 nitrogen and oxygen atoms in total. The molecule has 0 amide bonds. The first-order valence-electron chi connectivity index (χ1n) is 9.91. The predicted molar refractivity (Wildman–Crippen MR) is 113 cm³/mol. The Morgan fingerprint density at radius 1 is 1.26 bits per heavy atom. The monoisotopic (exact) mass is 416 g/mol. The summed E-state index contributed by atoms with van der Waals surface area (Å²) in [6.45, 7) is 5.34. The molecule has 0 radical (unpaired) electrons. The number of sulfonamides is 1. The molecule has 154 valence electrons. The van der Waals surface area contributed by atoms with Gasteiger partial charge in [0.05, 0.1) is 12.9 Å². The number of rotatable bonds is 7. The fourth-order valence-electron chi connectivity index (χ4n) is 4.34. The van der Waals surface area contributed by atoms with Crippen LogP contribution in [0.15, 0.2) is 18.2 Å². The smallest absolute Gasteiger partial charge is 0.214 e. The largest absolute Gasteiger partial charge is 0.496 e. The molecular formula is C20H33ClN2O3S. The molecule has 1 fully saturated rings. The zero-order valence-electron chi connectivity index (χ0n) is 16.5. The van der Waals surface area contributed by atoms with Crippen molar-refractivity contribution in [1.29, 1.82) is 0 Å². The van der Waals surface area contributed by atoms with Crippen molar-refractivity contribution in [2.45, 2.75) is 51.5 Å². The number of hydrogen-bond donors (Lipinski definition) is 0. The van der Waals surface area contributed by atoms with Crippen molar-refractivity contribution in [2.75, 3.05) is 39.0 Å². The molecule has 7 heteroatoms. The second-order valence-corrected chi connectivity index (χ2v) is 9.54. The molecule has 1 atom stereocenters. The van der Waals surface area contributed by atoms with E-state index < -0.39 is 10.0 Å². The summed E-state index contributed by atoms with van der Waals surface area (Å²) < 4.78 is 31.8. The predicted octanol–water partition coefficient (Wildman–Crippen LogP) is 3.11. The summed E-state index contributed by atoms with van der Waals surface area (Å²) >= 11 is 0. The van der Waals surface area contributed by atoms with Gasteiger partial charge < -0.3 is 4.74 Å². The minimum Gasteiger partial charge on any atom is -0.496 e. The van der Waals surface area contributed by atoms with Gasteiger partial charge in [0.25, 0.3) is 0 Å². The summed E-state index contributed by atoms with van der Waals surface area (Å²) in [4.78, 5) is 2.50. The van der Waals surface area contributed by atoms with Crippen LogP contribution in [0.4, 0.5) is 0 Å². The lowest BCUT2D eigenvalue weighted by Gasteiger charge is -2.37. The maximum atomic E-state index is 12.3. The molecule has 27 heavy (non-hydrogen) atoms. The lowest BCUT2D eigenvalue weighted by Crippen LogP contribution is -2.46. The van der Waals surface area contributed by atoms with Crippen LogP contribution in [0.1, 0.15) is 43.7 Å². The number of hydrogen-bond acceptors (Lipinski definition) is 4. The molecule has 0 bridgehead atoms. The molecule has 1 unspecified atom stereocenters. The summed E-state index contributed by atoms with van der Waals surface area (Å²) in [5.41, 5.74) is 2.73. The first-order valence-corrected chi connectivity index (χ1v) is 11.5. The molecule has 1 aliphatic carbocycles. The van der Waals surface area contributed by atoms with Crippen LogP contribution in [0.5, 0.6) is 5.75 Å². The van der Waals surface area contributed by atoms with Crippen LogP contribution in [0.25, 0.3) is 0 Å². The van der Waals surface area contributed by atoms with Crippen LogP contribution < -0.4 is 4.74 Å². The summed E-state index contributed by atoms with van der Waals surface area (Å²) in [5.74, 6) is 1.30. The van der Waals surface area contributed by atoms with E-state index in [9.17, 15) is 8.42 Å². The molecule has 0 spiro atoms. The minimum absolute atomic E-state index is 0. The highest BCUT2D eigenvalue weighted by Crippen LogP contribution is 2.31. The normalized spacial score (nSPS) is 22.1. The van der Waals surface area contributed by atoms with Crippen LogP contribution in [-0.4, -0.2) is 62.7 Å². The number of benzene rings is 1. The fraction of sp³-hybridized carbons (Fsp3) is 0.700. The Bertz CT molecular complexity index is 697. The highest BCUT2D eigenvalue weighted by atomic mass is 35.5. The van der Waals surface area contributed by atoms with Gasteiger partial charge in [-0.2, -0.15) is 0 Å². The van der Waals surface area contributed by atoms with E-state index in [0.29, 0.717) is 24.9 Å². The zero-order valence-corrected chi connectivity index (χ0v) is 18.2. The average Bonchev–Trinajstić information content (AvgIpc) is 2.65. The molecule has 2 aliphatic rings. The SMILES string of the molecule is CCCN(CCN1CCCCS1(=O)=O)C1CCc2cccc(OC)c2C1.Cl.